The Morgan fingerprint density at radius 2 is 1.61 bits per heavy atom. The Hall–Kier alpha value is -3.17. The molecule has 2 heterocycles. The summed E-state index contributed by atoms with van der Waals surface area (Å²) in [4.78, 5) is 8.83. The number of anilines is 1. The van der Waals surface area contributed by atoms with E-state index in [2.05, 4.69) is 9.97 Å². The first-order valence-corrected chi connectivity index (χ1v) is 11.3. The lowest BCUT2D eigenvalue weighted by Gasteiger charge is -2.25. The second-order valence-corrected chi connectivity index (χ2v) is 9.10. The topological polar surface area (TPSA) is 108 Å². The number of ether oxygens (including phenoxy) is 2. The molecule has 0 saturated carbocycles. The van der Waals surface area contributed by atoms with Crippen LogP contribution in [0.25, 0.3) is 11.1 Å². The Kier molecular flexibility index (Phi) is 5.79. The van der Waals surface area contributed by atoms with Gasteiger partial charge in [-0.2, -0.15) is 4.31 Å². The molecule has 4 rings (SSSR count). The third kappa shape index (κ3) is 4.06. The summed E-state index contributed by atoms with van der Waals surface area (Å²) in [5.74, 6) is 1.44. The molecule has 0 amide bonds. The zero-order chi connectivity index (χ0) is 22.0. The number of methoxy groups -OCH3 is 2. The summed E-state index contributed by atoms with van der Waals surface area (Å²) >= 11 is 0. The lowest BCUT2D eigenvalue weighted by molar-refractivity contribution is 0.390. The van der Waals surface area contributed by atoms with Crippen molar-refractivity contribution < 1.29 is 17.9 Å². The van der Waals surface area contributed by atoms with Crippen LogP contribution < -0.4 is 15.2 Å². The molecule has 1 fully saturated rings. The van der Waals surface area contributed by atoms with E-state index < -0.39 is 16.1 Å². The zero-order valence-corrected chi connectivity index (χ0v) is 18.2. The molecule has 8 nitrogen and oxygen atoms in total. The van der Waals surface area contributed by atoms with Crippen molar-refractivity contribution in [2.75, 3.05) is 26.5 Å². The molecule has 1 aliphatic rings. The highest BCUT2D eigenvalue weighted by Crippen LogP contribution is 2.40. The van der Waals surface area contributed by atoms with Crippen LogP contribution in [0.1, 0.15) is 24.6 Å². The number of hydrogen-bond acceptors (Lipinski definition) is 7. The van der Waals surface area contributed by atoms with E-state index in [0.29, 0.717) is 24.4 Å². The van der Waals surface area contributed by atoms with Gasteiger partial charge >= 0.3 is 0 Å². The van der Waals surface area contributed by atoms with E-state index in [1.165, 1.54) is 4.31 Å². The molecule has 1 atom stereocenters. The summed E-state index contributed by atoms with van der Waals surface area (Å²) in [6, 6.07) is 13.4. The van der Waals surface area contributed by atoms with Gasteiger partial charge in [-0.05, 0) is 54.8 Å². The van der Waals surface area contributed by atoms with E-state index in [4.69, 9.17) is 15.2 Å². The number of nitrogen functional groups attached to an aromatic ring is 1. The zero-order valence-electron chi connectivity index (χ0n) is 17.4. The van der Waals surface area contributed by atoms with E-state index >= 15 is 0 Å². The van der Waals surface area contributed by atoms with Crippen LogP contribution >= 0.6 is 0 Å². The van der Waals surface area contributed by atoms with Crippen molar-refractivity contribution in [3.05, 3.63) is 60.4 Å². The van der Waals surface area contributed by atoms with Crippen LogP contribution in [-0.4, -0.2) is 43.5 Å². The van der Waals surface area contributed by atoms with E-state index in [1.54, 1.807) is 44.7 Å². The summed E-state index contributed by atoms with van der Waals surface area (Å²) in [6.45, 7) is 0.408. The van der Waals surface area contributed by atoms with Crippen molar-refractivity contribution >= 4 is 16.0 Å². The van der Waals surface area contributed by atoms with E-state index in [9.17, 15) is 8.42 Å². The van der Waals surface area contributed by atoms with Gasteiger partial charge in [0.25, 0.3) is 0 Å². The second-order valence-electron chi connectivity index (χ2n) is 7.20. The van der Waals surface area contributed by atoms with Crippen molar-refractivity contribution in [3.63, 3.8) is 0 Å². The normalized spacial score (nSPS) is 16.9. The maximum atomic E-state index is 13.4. The Morgan fingerprint density at radius 3 is 2.23 bits per heavy atom. The molecule has 9 heteroatoms. The molecular formula is C22H24N4O4S. The summed E-state index contributed by atoms with van der Waals surface area (Å²) in [6.07, 6.45) is 3.02. The van der Waals surface area contributed by atoms with Crippen molar-refractivity contribution in [2.45, 2.75) is 23.8 Å². The van der Waals surface area contributed by atoms with Gasteiger partial charge in [-0.3, -0.25) is 0 Å². The quantitative estimate of drug-likeness (QED) is 0.627. The number of rotatable bonds is 6. The number of aromatic nitrogens is 2. The molecule has 3 aromatic rings. The molecule has 0 aliphatic carbocycles. The van der Waals surface area contributed by atoms with Crippen LogP contribution in [0.3, 0.4) is 0 Å². The van der Waals surface area contributed by atoms with Gasteiger partial charge in [0.1, 0.15) is 11.5 Å². The summed E-state index contributed by atoms with van der Waals surface area (Å²) in [5, 5.41) is 0. The lowest BCUT2D eigenvalue weighted by atomic mass is 10.0. The molecule has 1 aliphatic heterocycles. The molecule has 0 bridgehead atoms. The van der Waals surface area contributed by atoms with Crippen molar-refractivity contribution in [2.24, 2.45) is 0 Å². The molecule has 1 saturated heterocycles. The molecule has 0 spiro atoms. The Labute approximate surface area is 181 Å². The van der Waals surface area contributed by atoms with Gasteiger partial charge in [0.05, 0.1) is 30.9 Å². The van der Waals surface area contributed by atoms with Gasteiger partial charge in [-0.15, -0.1) is 0 Å². The lowest BCUT2D eigenvalue weighted by Crippen LogP contribution is -2.31. The minimum absolute atomic E-state index is 0.112. The smallest absolute Gasteiger partial charge is 0.243 e. The van der Waals surface area contributed by atoms with Crippen molar-refractivity contribution in [1.29, 1.82) is 0 Å². The van der Waals surface area contributed by atoms with E-state index in [-0.39, 0.29) is 10.8 Å². The van der Waals surface area contributed by atoms with Gasteiger partial charge < -0.3 is 15.2 Å². The van der Waals surface area contributed by atoms with E-state index in [0.717, 1.165) is 23.3 Å². The average molecular weight is 441 g/mol. The first kappa shape index (κ1) is 21.1. The minimum atomic E-state index is -3.73. The van der Waals surface area contributed by atoms with Crippen molar-refractivity contribution in [3.8, 4) is 22.6 Å². The molecule has 0 unspecified atom stereocenters. The number of nitrogens with two attached hydrogens (primary N) is 1. The number of nitrogens with zero attached hydrogens (tertiary/aromatic N) is 3. The number of sulfonamides is 1. The molecule has 2 aromatic carbocycles. The van der Waals surface area contributed by atoms with Gasteiger partial charge in [0.15, 0.2) is 0 Å². The van der Waals surface area contributed by atoms with Gasteiger partial charge in [0.2, 0.25) is 16.0 Å². The fourth-order valence-corrected chi connectivity index (χ4v) is 5.50. The summed E-state index contributed by atoms with van der Waals surface area (Å²) in [7, 11) is -0.581. The number of hydrogen-bond donors (Lipinski definition) is 1. The van der Waals surface area contributed by atoms with Crippen LogP contribution in [0.4, 0.5) is 5.95 Å². The average Bonchev–Trinajstić information content (AvgIpc) is 3.30. The monoisotopic (exact) mass is 440 g/mol. The maximum absolute atomic E-state index is 13.4. The van der Waals surface area contributed by atoms with Crippen LogP contribution in [-0.2, 0) is 10.0 Å². The first-order valence-electron chi connectivity index (χ1n) is 9.87. The highest BCUT2D eigenvalue weighted by atomic mass is 32.2. The first-order chi connectivity index (χ1) is 14.9. The molecule has 1 aromatic heterocycles. The largest absolute Gasteiger partial charge is 0.497 e. The van der Waals surface area contributed by atoms with Gasteiger partial charge in [-0.1, -0.05) is 12.1 Å². The molecular weight excluding hydrogens is 416 g/mol. The predicted molar refractivity (Wildman–Crippen MR) is 117 cm³/mol. The fourth-order valence-electron chi connectivity index (χ4n) is 3.84. The maximum Gasteiger partial charge on any atom is 0.243 e. The van der Waals surface area contributed by atoms with Crippen LogP contribution in [0.5, 0.6) is 11.5 Å². The molecule has 31 heavy (non-hydrogen) atoms. The molecule has 0 radical (unpaired) electrons. The van der Waals surface area contributed by atoms with Crippen molar-refractivity contribution in [1.82, 2.24) is 14.3 Å². The summed E-state index contributed by atoms with van der Waals surface area (Å²) < 4.78 is 38.7. The Bertz CT molecular complexity index is 1170. The van der Waals surface area contributed by atoms with Gasteiger partial charge in [-0.25, -0.2) is 18.4 Å². The Morgan fingerprint density at radius 1 is 1.00 bits per heavy atom. The van der Waals surface area contributed by atoms with Crippen LogP contribution in [0.15, 0.2) is 59.6 Å². The summed E-state index contributed by atoms with van der Waals surface area (Å²) in [5.41, 5.74) is 8.11. The number of benzene rings is 2. The highest BCUT2D eigenvalue weighted by molar-refractivity contribution is 7.89. The molecule has 162 valence electrons. The SMILES string of the molecule is COc1ccc(-c2cnc(N)nc2[C@H]2CCCN2S(=O)(=O)c2ccc(OC)cc2)cc1. The van der Waals surface area contributed by atoms with Crippen LogP contribution in [0, 0.1) is 0 Å². The Balaban J connectivity index is 1.75. The minimum Gasteiger partial charge on any atom is -0.497 e. The third-order valence-electron chi connectivity index (χ3n) is 5.42. The van der Waals surface area contributed by atoms with E-state index in [1.807, 2.05) is 24.3 Å². The fraction of sp³-hybridized carbons (Fsp3) is 0.273. The standard InChI is InChI=1S/C22H24N4O4S/c1-29-16-7-5-15(6-8-16)19-14-24-22(23)25-21(19)20-4-3-13-26(20)31(27,28)18-11-9-17(30-2)10-12-18/h5-12,14,20H,3-4,13H2,1-2H3,(H2,23,24,25)/t20-/m1/s1. The predicted octanol–water partition coefficient (Wildman–Crippen LogP) is 3.27. The highest BCUT2D eigenvalue weighted by Gasteiger charge is 2.38. The second kappa shape index (κ2) is 8.52. The van der Waals surface area contributed by atoms with Gasteiger partial charge in [0, 0.05) is 18.3 Å². The van der Waals surface area contributed by atoms with Crippen LogP contribution in [0.2, 0.25) is 0 Å². The molecule has 2 N–H and O–H groups in total. The third-order valence-corrected chi connectivity index (χ3v) is 7.35.